The molecule has 0 aromatic heterocycles. The van der Waals surface area contributed by atoms with Gasteiger partial charge in [0.2, 0.25) is 0 Å². The first kappa shape index (κ1) is 13.7. The molecule has 1 unspecified atom stereocenters. The normalized spacial score (nSPS) is 12.4. The van der Waals surface area contributed by atoms with Crippen LogP contribution in [-0.2, 0) is 6.42 Å². The number of halogens is 4. The van der Waals surface area contributed by atoms with E-state index in [1.54, 1.807) is 6.07 Å². The SMILES string of the molecule is Fc1ccc(CC(Br)c2ccccc2Br)cc1F. The molecule has 0 radical (unpaired) electrons. The summed E-state index contributed by atoms with van der Waals surface area (Å²) in [4.78, 5) is 0.0536. The first-order valence-corrected chi connectivity index (χ1v) is 7.11. The van der Waals surface area contributed by atoms with Gasteiger partial charge in [-0.25, -0.2) is 8.78 Å². The number of hydrogen-bond donors (Lipinski definition) is 0. The largest absolute Gasteiger partial charge is 0.204 e. The van der Waals surface area contributed by atoms with Gasteiger partial charge in [0.25, 0.3) is 0 Å². The molecule has 2 rings (SSSR count). The van der Waals surface area contributed by atoms with Gasteiger partial charge in [0.1, 0.15) is 0 Å². The van der Waals surface area contributed by atoms with Gasteiger partial charge >= 0.3 is 0 Å². The highest BCUT2D eigenvalue weighted by molar-refractivity contribution is 9.11. The molecule has 1 atom stereocenters. The van der Waals surface area contributed by atoms with Gasteiger partial charge < -0.3 is 0 Å². The van der Waals surface area contributed by atoms with Crippen molar-refractivity contribution in [3.8, 4) is 0 Å². The standard InChI is InChI=1S/C14H10Br2F2/c15-11-4-2-1-3-10(11)12(16)7-9-5-6-13(17)14(18)8-9/h1-6,8,12H,7H2. The zero-order chi connectivity index (χ0) is 13.1. The molecule has 0 fully saturated rings. The third-order valence-corrected chi connectivity index (χ3v) is 4.18. The van der Waals surface area contributed by atoms with E-state index in [9.17, 15) is 8.78 Å². The van der Waals surface area contributed by atoms with Crippen LogP contribution in [0.25, 0.3) is 0 Å². The van der Waals surface area contributed by atoms with Crippen LogP contribution < -0.4 is 0 Å². The Morgan fingerprint density at radius 1 is 1.00 bits per heavy atom. The second-order valence-corrected chi connectivity index (χ2v) is 5.90. The molecule has 4 heteroatoms. The lowest BCUT2D eigenvalue weighted by molar-refractivity contribution is 0.507. The maximum absolute atomic E-state index is 13.1. The Balaban J connectivity index is 2.19. The molecule has 0 spiro atoms. The average Bonchev–Trinajstić information content (AvgIpc) is 2.34. The summed E-state index contributed by atoms with van der Waals surface area (Å²) in [7, 11) is 0. The Hall–Kier alpha value is -0.740. The van der Waals surface area contributed by atoms with Gasteiger partial charge in [0.15, 0.2) is 11.6 Å². The van der Waals surface area contributed by atoms with Gasteiger partial charge in [-0.05, 0) is 35.7 Å². The lowest BCUT2D eigenvalue weighted by atomic mass is 10.0. The Morgan fingerprint density at radius 2 is 1.72 bits per heavy atom. The topological polar surface area (TPSA) is 0 Å². The van der Waals surface area contributed by atoms with Crippen LogP contribution in [0.1, 0.15) is 16.0 Å². The maximum atomic E-state index is 13.1. The van der Waals surface area contributed by atoms with E-state index in [4.69, 9.17) is 0 Å². The van der Waals surface area contributed by atoms with E-state index >= 15 is 0 Å². The van der Waals surface area contributed by atoms with E-state index in [0.29, 0.717) is 6.42 Å². The number of hydrogen-bond acceptors (Lipinski definition) is 0. The highest BCUT2D eigenvalue weighted by atomic mass is 79.9. The summed E-state index contributed by atoms with van der Waals surface area (Å²) in [5.41, 5.74) is 1.84. The zero-order valence-electron chi connectivity index (χ0n) is 9.34. The summed E-state index contributed by atoms with van der Waals surface area (Å²) in [5, 5.41) is 0. The van der Waals surface area contributed by atoms with Crippen molar-refractivity contribution in [2.75, 3.05) is 0 Å². The molecule has 0 saturated heterocycles. The molecule has 0 aliphatic heterocycles. The van der Waals surface area contributed by atoms with Crippen LogP contribution in [0.4, 0.5) is 8.78 Å². The first-order chi connectivity index (χ1) is 8.58. The molecule has 94 valence electrons. The minimum atomic E-state index is -0.814. The maximum Gasteiger partial charge on any atom is 0.159 e. The summed E-state index contributed by atoms with van der Waals surface area (Å²) >= 11 is 7.04. The summed E-state index contributed by atoms with van der Waals surface area (Å²) < 4.78 is 26.9. The molecule has 0 nitrogen and oxygen atoms in total. The zero-order valence-corrected chi connectivity index (χ0v) is 12.5. The van der Waals surface area contributed by atoms with Crippen molar-refractivity contribution in [3.63, 3.8) is 0 Å². The van der Waals surface area contributed by atoms with E-state index < -0.39 is 11.6 Å². The number of rotatable bonds is 3. The summed E-state index contributed by atoms with van der Waals surface area (Å²) in [6.45, 7) is 0. The van der Waals surface area contributed by atoms with Crippen LogP contribution in [0.15, 0.2) is 46.9 Å². The second-order valence-electron chi connectivity index (χ2n) is 3.94. The van der Waals surface area contributed by atoms with Crippen molar-refractivity contribution >= 4 is 31.9 Å². The minimum absolute atomic E-state index is 0.0536. The lowest BCUT2D eigenvalue weighted by Crippen LogP contribution is -1.97. The van der Waals surface area contributed by atoms with Crippen LogP contribution >= 0.6 is 31.9 Å². The van der Waals surface area contributed by atoms with Crippen LogP contribution in [0.3, 0.4) is 0 Å². The van der Waals surface area contributed by atoms with E-state index in [1.807, 2.05) is 24.3 Å². The quantitative estimate of drug-likeness (QED) is 0.629. The molecule has 0 amide bonds. The van der Waals surface area contributed by atoms with Gasteiger partial charge in [0.05, 0.1) is 0 Å². The lowest BCUT2D eigenvalue weighted by Gasteiger charge is -2.12. The van der Waals surface area contributed by atoms with Crippen LogP contribution in [0, 0.1) is 11.6 Å². The Bertz CT molecular complexity index is 555. The third-order valence-electron chi connectivity index (χ3n) is 2.64. The van der Waals surface area contributed by atoms with Crippen molar-refractivity contribution in [1.82, 2.24) is 0 Å². The fraction of sp³-hybridized carbons (Fsp3) is 0.143. The molecule has 0 aliphatic rings. The van der Waals surface area contributed by atoms with Crippen molar-refractivity contribution < 1.29 is 8.78 Å². The smallest absolute Gasteiger partial charge is 0.159 e. The molecule has 2 aromatic carbocycles. The second kappa shape index (κ2) is 5.93. The molecule has 0 saturated carbocycles. The van der Waals surface area contributed by atoms with Crippen molar-refractivity contribution in [1.29, 1.82) is 0 Å². The van der Waals surface area contributed by atoms with Crippen molar-refractivity contribution in [3.05, 3.63) is 69.7 Å². The van der Waals surface area contributed by atoms with E-state index in [-0.39, 0.29) is 4.83 Å². The highest BCUT2D eigenvalue weighted by Crippen LogP contribution is 2.32. The minimum Gasteiger partial charge on any atom is -0.204 e. The van der Waals surface area contributed by atoms with E-state index in [1.165, 1.54) is 6.07 Å². The van der Waals surface area contributed by atoms with Crippen LogP contribution in [-0.4, -0.2) is 0 Å². The van der Waals surface area contributed by atoms with Gasteiger partial charge in [-0.3, -0.25) is 0 Å². The van der Waals surface area contributed by atoms with Crippen LogP contribution in [0.5, 0.6) is 0 Å². The summed E-state index contributed by atoms with van der Waals surface area (Å²) in [6, 6.07) is 11.8. The van der Waals surface area contributed by atoms with Crippen molar-refractivity contribution in [2.45, 2.75) is 11.2 Å². The van der Waals surface area contributed by atoms with Gasteiger partial charge in [-0.2, -0.15) is 0 Å². The molecule has 18 heavy (non-hydrogen) atoms. The molecule has 2 aromatic rings. The Labute approximate surface area is 121 Å². The first-order valence-electron chi connectivity index (χ1n) is 5.40. The molecule has 0 aliphatic carbocycles. The van der Waals surface area contributed by atoms with E-state index in [0.717, 1.165) is 21.7 Å². The third kappa shape index (κ3) is 3.18. The van der Waals surface area contributed by atoms with Gasteiger partial charge in [-0.15, -0.1) is 0 Å². The molecule has 0 bridgehead atoms. The predicted octanol–water partition coefficient (Wildman–Crippen LogP) is 5.41. The summed E-state index contributed by atoms with van der Waals surface area (Å²) in [6.07, 6.45) is 0.597. The molecular weight excluding hydrogens is 366 g/mol. The van der Waals surface area contributed by atoms with Gasteiger partial charge in [0, 0.05) is 9.30 Å². The van der Waals surface area contributed by atoms with Crippen molar-refractivity contribution in [2.24, 2.45) is 0 Å². The molecular formula is C14H10Br2F2. The predicted molar refractivity (Wildman–Crippen MR) is 75.9 cm³/mol. The fourth-order valence-corrected chi connectivity index (χ4v) is 3.35. The number of alkyl halides is 1. The highest BCUT2D eigenvalue weighted by Gasteiger charge is 2.12. The van der Waals surface area contributed by atoms with Crippen LogP contribution in [0.2, 0.25) is 0 Å². The molecule has 0 N–H and O–H groups in total. The number of benzene rings is 2. The Kier molecular flexibility index (Phi) is 4.51. The fourth-order valence-electron chi connectivity index (χ4n) is 1.71. The van der Waals surface area contributed by atoms with Gasteiger partial charge in [-0.1, -0.05) is 56.1 Å². The van der Waals surface area contributed by atoms with E-state index in [2.05, 4.69) is 31.9 Å². The Morgan fingerprint density at radius 3 is 2.39 bits per heavy atom. The summed E-state index contributed by atoms with van der Waals surface area (Å²) in [5.74, 6) is -1.62. The average molecular weight is 376 g/mol. The molecule has 0 heterocycles. The monoisotopic (exact) mass is 374 g/mol.